The van der Waals surface area contributed by atoms with Crippen molar-refractivity contribution in [1.82, 2.24) is 0 Å². The fraction of sp³-hybridized carbons (Fsp3) is 0.462. The van der Waals surface area contributed by atoms with Crippen molar-refractivity contribution in [2.24, 2.45) is 0 Å². The minimum Gasteiger partial charge on any atom is -0.480 e. The summed E-state index contributed by atoms with van der Waals surface area (Å²) in [4.78, 5) is 11.4. The van der Waals surface area contributed by atoms with E-state index in [0.29, 0.717) is 0 Å². The van der Waals surface area contributed by atoms with E-state index in [1.807, 2.05) is 31.2 Å². The number of rotatable bonds is 5. The molecule has 1 rings (SSSR count). The van der Waals surface area contributed by atoms with Crippen molar-refractivity contribution in [3.63, 3.8) is 0 Å². The highest BCUT2D eigenvalue weighted by molar-refractivity contribution is 8.00. The second-order valence-electron chi connectivity index (χ2n) is 4.05. The minimum atomic E-state index is -0.830. The molecule has 0 saturated carbocycles. The molecule has 3 heteroatoms. The zero-order chi connectivity index (χ0) is 12.2. The summed E-state index contributed by atoms with van der Waals surface area (Å²) in [6.45, 7) is 5.84. The van der Waals surface area contributed by atoms with Crippen LogP contribution in [0.25, 0.3) is 0 Å². The maximum atomic E-state index is 11.4. The largest absolute Gasteiger partial charge is 0.480 e. The first kappa shape index (κ1) is 13.1. The predicted octanol–water partition coefficient (Wildman–Crippen LogP) is 3.44. The van der Waals surface area contributed by atoms with Gasteiger partial charge in [-0.1, -0.05) is 36.8 Å². The van der Waals surface area contributed by atoms with Crippen LogP contribution < -0.4 is 0 Å². The highest BCUT2D eigenvalue weighted by Gasteiger charge is 2.35. The summed E-state index contributed by atoms with van der Waals surface area (Å²) in [5, 5.41) is 9.36. The van der Waals surface area contributed by atoms with Gasteiger partial charge in [0.2, 0.25) is 0 Å². The summed E-state index contributed by atoms with van der Waals surface area (Å²) in [6.07, 6.45) is 0.986. The number of carbonyl (C=O) groups is 1. The van der Waals surface area contributed by atoms with Gasteiger partial charge in [0.15, 0.2) is 0 Å². The predicted molar refractivity (Wildman–Crippen MR) is 68.9 cm³/mol. The van der Waals surface area contributed by atoms with E-state index in [2.05, 4.69) is 6.92 Å². The van der Waals surface area contributed by atoms with Crippen LogP contribution in [0, 0.1) is 6.92 Å². The number of hydrogen-bond donors (Lipinski definition) is 1. The molecule has 2 nitrogen and oxygen atoms in total. The third-order valence-corrected chi connectivity index (χ3v) is 4.21. The van der Waals surface area contributed by atoms with Gasteiger partial charge in [-0.15, -0.1) is 11.8 Å². The van der Waals surface area contributed by atoms with E-state index in [1.165, 1.54) is 11.8 Å². The summed E-state index contributed by atoms with van der Waals surface area (Å²) >= 11 is 1.49. The number of thioether (sulfide) groups is 1. The van der Waals surface area contributed by atoms with Crippen molar-refractivity contribution in [3.8, 4) is 0 Å². The third-order valence-electron chi connectivity index (χ3n) is 2.61. The molecule has 1 N–H and O–H groups in total. The monoisotopic (exact) mass is 238 g/mol. The Bertz CT molecular complexity index is 359. The van der Waals surface area contributed by atoms with Gasteiger partial charge in [-0.25, -0.2) is 0 Å². The summed E-state index contributed by atoms with van der Waals surface area (Å²) in [5.41, 5.74) is 2.01. The zero-order valence-corrected chi connectivity index (χ0v) is 10.8. The molecule has 1 atom stereocenters. The second kappa shape index (κ2) is 5.39. The van der Waals surface area contributed by atoms with Crippen LogP contribution in [0.1, 0.15) is 31.4 Å². The Morgan fingerprint density at radius 3 is 2.38 bits per heavy atom. The molecule has 0 bridgehead atoms. The number of carboxylic acids is 1. The van der Waals surface area contributed by atoms with E-state index in [0.717, 1.165) is 23.3 Å². The normalized spacial score (nSPS) is 14.4. The molecule has 0 spiro atoms. The van der Waals surface area contributed by atoms with Crippen molar-refractivity contribution in [1.29, 1.82) is 0 Å². The number of carboxylic acid groups (broad SMARTS) is 1. The Kier molecular flexibility index (Phi) is 4.42. The molecular weight excluding hydrogens is 220 g/mol. The van der Waals surface area contributed by atoms with Gasteiger partial charge >= 0.3 is 5.97 Å². The standard InChI is InChI=1S/C13H18O2S/c1-4-9-16-13(3,12(14)15)11-7-5-10(2)6-8-11/h5-8H,4,9H2,1-3H3,(H,14,15). The lowest BCUT2D eigenvalue weighted by atomic mass is 9.99. The molecule has 0 fully saturated rings. The summed E-state index contributed by atoms with van der Waals surface area (Å²) in [5.74, 6) is 0.0891. The first-order chi connectivity index (χ1) is 7.50. The van der Waals surface area contributed by atoms with Crippen LogP contribution in [0.5, 0.6) is 0 Å². The van der Waals surface area contributed by atoms with Crippen LogP contribution >= 0.6 is 11.8 Å². The van der Waals surface area contributed by atoms with E-state index in [1.54, 1.807) is 6.92 Å². The molecule has 0 amide bonds. The van der Waals surface area contributed by atoms with E-state index in [9.17, 15) is 9.90 Å². The lowest BCUT2D eigenvalue weighted by molar-refractivity contribution is -0.139. The van der Waals surface area contributed by atoms with Gasteiger partial charge in [0.25, 0.3) is 0 Å². The topological polar surface area (TPSA) is 37.3 Å². The molecule has 1 aromatic carbocycles. The van der Waals surface area contributed by atoms with Crippen molar-refractivity contribution in [2.75, 3.05) is 5.75 Å². The summed E-state index contributed by atoms with van der Waals surface area (Å²) < 4.78 is -0.830. The van der Waals surface area contributed by atoms with Gasteiger partial charge in [0, 0.05) is 0 Å². The Morgan fingerprint density at radius 1 is 1.38 bits per heavy atom. The van der Waals surface area contributed by atoms with Crippen molar-refractivity contribution < 1.29 is 9.90 Å². The molecule has 1 aromatic rings. The van der Waals surface area contributed by atoms with E-state index in [-0.39, 0.29) is 0 Å². The number of benzene rings is 1. The average Bonchev–Trinajstić information content (AvgIpc) is 2.26. The Labute approximate surface area is 101 Å². The van der Waals surface area contributed by atoms with E-state index in [4.69, 9.17) is 0 Å². The van der Waals surface area contributed by atoms with Gasteiger partial charge in [-0.3, -0.25) is 4.79 Å². The first-order valence-electron chi connectivity index (χ1n) is 5.45. The van der Waals surface area contributed by atoms with Gasteiger partial charge in [0.05, 0.1) is 0 Å². The van der Waals surface area contributed by atoms with Crippen LogP contribution in [0.15, 0.2) is 24.3 Å². The molecule has 0 aliphatic carbocycles. The van der Waals surface area contributed by atoms with E-state index >= 15 is 0 Å². The summed E-state index contributed by atoms with van der Waals surface area (Å²) in [7, 11) is 0. The molecule has 88 valence electrons. The smallest absolute Gasteiger partial charge is 0.324 e. The number of hydrogen-bond acceptors (Lipinski definition) is 2. The lowest BCUT2D eigenvalue weighted by Gasteiger charge is -2.24. The van der Waals surface area contributed by atoms with Crippen LogP contribution in [0.4, 0.5) is 0 Å². The second-order valence-corrected chi connectivity index (χ2v) is 5.57. The first-order valence-corrected chi connectivity index (χ1v) is 6.43. The van der Waals surface area contributed by atoms with Crippen molar-refractivity contribution >= 4 is 17.7 Å². The molecule has 0 aliphatic heterocycles. The Hall–Kier alpha value is -0.960. The molecule has 0 aliphatic rings. The third kappa shape index (κ3) is 2.79. The fourth-order valence-corrected chi connectivity index (χ4v) is 2.48. The molecule has 16 heavy (non-hydrogen) atoms. The van der Waals surface area contributed by atoms with Gasteiger partial charge < -0.3 is 5.11 Å². The Balaban J connectivity index is 3.01. The molecule has 1 unspecified atom stereocenters. The number of aryl methyl sites for hydroxylation is 1. The van der Waals surface area contributed by atoms with Gasteiger partial charge in [0.1, 0.15) is 4.75 Å². The highest BCUT2D eigenvalue weighted by atomic mass is 32.2. The molecule has 0 heterocycles. The van der Waals surface area contributed by atoms with Crippen LogP contribution in [-0.2, 0) is 9.54 Å². The van der Waals surface area contributed by atoms with Gasteiger partial charge in [-0.05, 0) is 31.6 Å². The minimum absolute atomic E-state index is 0.769. The van der Waals surface area contributed by atoms with Gasteiger partial charge in [-0.2, -0.15) is 0 Å². The Morgan fingerprint density at radius 2 is 1.94 bits per heavy atom. The maximum absolute atomic E-state index is 11.4. The molecule has 0 saturated heterocycles. The zero-order valence-electron chi connectivity index (χ0n) is 9.99. The van der Waals surface area contributed by atoms with Crippen molar-refractivity contribution in [2.45, 2.75) is 31.9 Å². The molecule has 0 radical (unpaired) electrons. The highest BCUT2D eigenvalue weighted by Crippen LogP contribution is 2.36. The summed E-state index contributed by atoms with van der Waals surface area (Å²) in [6, 6.07) is 7.74. The quantitative estimate of drug-likeness (QED) is 0.853. The van der Waals surface area contributed by atoms with Crippen LogP contribution in [-0.4, -0.2) is 16.8 Å². The van der Waals surface area contributed by atoms with Crippen LogP contribution in [0.3, 0.4) is 0 Å². The SMILES string of the molecule is CCCSC(C)(C(=O)O)c1ccc(C)cc1. The van der Waals surface area contributed by atoms with E-state index < -0.39 is 10.7 Å². The maximum Gasteiger partial charge on any atom is 0.324 e. The lowest BCUT2D eigenvalue weighted by Crippen LogP contribution is -2.29. The molecular formula is C13H18O2S. The average molecular weight is 238 g/mol. The van der Waals surface area contributed by atoms with Crippen molar-refractivity contribution in [3.05, 3.63) is 35.4 Å². The number of aliphatic carboxylic acids is 1. The van der Waals surface area contributed by atoms with Crippen LogP contribution in [0.2, 0.25) is 0 Å². The fourth-order valence-electron chi connectivity index (χ4n) is 1.45. The molecule has 0 aromatic heterocycles.